The maximum atomic E-state index is 9.81. The third kappa shape index (κ3) is 69.7. The Labute approximate surface area is 216 Å². The predicted octanol–water partition coefficient (Wildman–Crippen LogP) is 2.75. The molecule has 0 heterocycles. The van der Waals surface area contributed by atoms with Crippen molar-refractivity contribution in [2.24, 2.45) is 0 Å². The van der Waals surface area contributed by atoms with Crippen LogP contribution >= 0.6 is 59.0 Å². The number of halogens is 3. The monoisotopic (exact) mass is 1010 g/mol. The van der Waals surface area contributed by atoms with Crippen LogP contribution in [0.5, 0.6) is 0 Å². The van der Waals surface area contributed by atoms with Crippen LogP contribution in [0.25, 0.3) is 4.06 Å². The molecular weight excluding hydrogens is 995 g/mol. The van der Waals surface area contributed by atoms with Crippen LogP contribution in [-0.2, 0) is 15.5 Å². The fraction of sp³-hybridized carbons (Fsp3) is 1.00. The van der Waals surface area contributed by atoms with Crippen LogP contribution in [0.15, 0.2) is 0 Å². The number of hydrogen-bond donors (Lipinski definition) is 0. The van der Waals surface area contributed by atoms with Crippen molar-refractivity contribution in [2.45, 2.75) is 40.0 Å². The van der Waals surface area contributed by atoms with Crippen LogP contribution in [0.3, 0.4) is 0 Å². The molecule has 0 aromatic rings. The van der Waals surface area contributed by atoms with Crippen molar-refractivity contribution >= 4 is 114 Å². The molecule has 0 saturated heterocycles. The number of unbranched alkanes of at least 4 members (excludes halogenated alkanes) is 3. The van der Waals surface area contributed by atoms with E-state index in [2.05, 4.69) is 50.5 Å². The summed E-state index contributed by atoms with van der Waals surface area (Å²) >= 11 is 5.70. The zero-order valence-electron chi connectivity index (χ0n) is 10.9. The molecule has 19 heavy (non-hydrogen) atoms. The SMILES string of the molecule is C.CCCCCCOS(=O)[O-].[Ac].[GaH2][I].[GaH2][I].[N-]=[Ga][I]. The van der Waals surface area contributed by atoms with Gasteiger partial charge in [0.05, 0.1) is 18.0 Å². The molecule has 113 valence electrons. The first-order valence-electron chi connectivity index (χ1n) is 4.73. The van der Waals surface area contributed by atoms with Gasteiger partial charge < -0.3 is 8.74 Å². The molecule has 1 atom stereocenters. The Morgan fingerprint density at radius 3 is 1.89 bits per heavy atom. The van der Waals surface area contributed by atoms with E-state index in [9.17, 15) is 8.76 Å². The van der Waals surface area contributed by atoms with Crippen molar-refractivity contribution < 1.29 is 57.0 Å². The average molecular weight is 1020 g/mol. The molecule has 0 rings (SSSR count). The molecule has 4 nitrogen and oxygen atoms in total. The molecule has 0 fully saturated rings. The van der Waals surface area contributed by atoms with Crippen LogP contribution in [0, 0.1) is 44.1 Å². The fourth-order valence-electron chi connectivity index (χ4n) is 0.656. The molecule has 0 amide bonds. The zero-order valence-corrected chi connectivity index (χ0v) is 33.8. The molecule has 0 aliphatic heterocycles. The first kappa shape index (κ1) is 39.5. The fourth-order valence-corrected chi connectivity index (χ4v) is 0.910. The van der Waals surface area contributed by atoms with Gasteiger partial charge >= 0.3 is 107 Å². The third-order valence-corrected chi connectivity index (χ3v) is 1.54. The number of rotatable bonds is 6. The summed E-state index contributed by atoms with van der Waals surface area (Å²) in [6.45, 7) is 2.43. The summed E-state index contributed by atoms with van der Waals surface area (Å²) < 4.78 is 31.6. The molecule has 1 radical (unpaired) electrons. The van der Waals surface area contributed by atoms with E-state index in [4.69, 9.17) is 4.06 Å². The van der Waals surface area contributed by atoms with E-state index in [-0.39, 0.29) is 51.5 Å². The van der Waals surface area contributed by atoms with Gasteiger partial charge in [-0.2, -0.15) is 0 Å². The standard InChI is InChI=1S/C6H14O3S.CH4.Ac.3Ga.3HI.N.4H/c1-2-3-4-5-6-9-10(7)8;;;;;;;;;;;;;/h2-6H2,1H3,(H,7,8);1H4;;;;;3*1H;;;;;/q;;;3*+1;;;;-1;;;;/p-4. The first-order valence-corrected chi connectivity index (χ1v) is 39.8. The van der Waals surface area contributed by atoms with E-state index < -0.39 is 25.0 Å². The minimum absolute atomic E-state index is 0. The van der Waals surface area contributed by atoms with Gasteiger partial charge in [0.15, 0.2) is 0 Å². The maximum absolute atomic E-state index is 9.81. The predicted molar refractivity (Wildman–Crippen MR) is 114 cm³/mol. The van der Waals surface area contributed by atoms with Gasteiger partial charge in [0.25, 0.3) is 0 Å². The van der Waals surface area contributed by atoms with Crippen LogP contribution in [0.2, 0.25) is 0 Å². The van der Waals surface area contributed by atoms with Gasteiger partial charge in [-0.05, 0) is 6.42 Å². The van der Waals surface area contributed by atoms with Gasteiger partial charge in [0.1, 0.15) is 0 Å². The molecule has 0 aliphatic carbocycles. The second-order valence-electron chi connectivity index (χ2n) is 2.18. The van der Waals surface area contributed by atoms with Crippen molar-refractivity contribution in [1.82, 2.24) is 0 Å². The molecule has 0 bridgehead atoms. The normalized spacial score (nSPS) is 8.05. The molecule has 1 unspecified atom stereocenters. The summed E-state index contributed by atoms with van der Waals surface area (Å²) in [6, 6.07) is 0. The first-order chi connectivity index (χ1) is 8.18. The number of hydrogen-bond acceptors (Lipinski definition) is 3. The Kier molecular flexibility index (Phi) is 103. The summed E-state index contributed by atoms with van der Waals surface area (Å²) in [7, 11) is 0. The van der Waals surface area contributed by atoms with Gasteiger partial charge in [-0.25, -0.2) is 4.21 Å². The summed E-state index contributed by atoms with van der Waals surface area (Å²) in [5.74, 6) is 0. The van der Waals surface area contributed by atoms with Crippen molar-refractivity contribution in [3.05, 3.63) is 4.06 Å². The Morgan fingerprint density at radius 2 is 1.63 bits per heavy atom. The summed E-state index contributed by atoms with van der Waals surface area (Å²) in [5, 5.41) is 0. The summed E-state index contributed by atoms with van der Waals surface area (Å²) in [6.07, 6.45) is 4.19. The molecule has 0 aliphatic rings. The van der Waals surface area contributed by atoms with Crippen molar-refractivity contribution in [1.29, 1.82) is 0 Å². The molecule has 0 N–H and O–H groups in total. The second-order valence-corrected chi connectivity index (χ2v) is 6.13. The van der Waals surface area contributed by atoms with Gasteiger partial charge in [0.2, 0.25) is 0 Å². The van der Waals surface area contributed by atoms with Gasteiger partial charge in [0, 0.05) is 44.1 Å². The van der Waals surface area contributed by atoms with E-state index in [0.717, 1.165) is 55.8 Å². The van der Waals surface area contributed by atoms with Crippen LogP contribution in [0.4, 0.5) is 0 Å². The number of nitrogens with zero attached hydrogens (tertiary/aromatic N) is 1. The molecule has 12 heteroatoms. The van der Waals surface area contributed by atoms with Crippen LogP contribution in [-0.4, -0.2) is 59.1 Å². The Hall–Kier alpha value is 5.41. The summed E-state index contributed by atoms with van der Waals surface area (Å²) in [5.41, 5.74) is 0. The van der Waals surface area contributed by atoms with Crippen molar-refractivity contribution in [3.63, 3.8) is 0 Å². The van der Waals surface area contributed by atoms with Gasteiger partial charge in [-0.15, -0.1) is 0 Å². The van der Waals surface area contributed by atoms with E-state index in [1.54, 1.807) is 0 Å². The van der Waals surface area contributed by atoms with Gasteiger partial charge in [-0.1, -0.05) is 33.6 Å². The molecule has 0 aromatic carbocycles. The Bertz CT molecular complexity index is 158. The van der Waals surface area contributed by atoms with Gasteiger partial charge in [-0.3, -0.25) is 0 Å². The van der Waals surface area contributed by atoms with Crippen LogP contribution < -0.4 is 0 Å². The Morgan fingerprint density at radius 1 is 1.26 bits per heavy atom. The van der Waals surface area contributed by atoms with E-state index in [1.165, 1.54) is 0 Å². The quantitative estimate of drug-likeness (QED) is 0.178. The zero-order chi connectivity index (χ0) is 14.5. The van der Waals surface area contributed by atoms with Crippen molar-refractivity contribution in [3.8, 4) is 0 Å². The average Bonchev–Trinajstić information content (AvgIpc) is 2.35. The Balaban J connectivity index is -0.0000000404. The van der Waals surface area contributed by atoms with E-state index in [1.807, 2.05) is 19.7 Å². The molecule has 0 spiro atoms. The summed E-state index contributed by atoms with van der Waals surface area (Å²) in [4.78, 5) is 0. The topological polar surface area (TPSA) is 71.7 Å². The van der Waals surface area contributed by atoms with E-state index >= 15 is 0 Å². The van der Waals surface area contributed by atoms with Crippen LogP contribution in [0.1, 0.15) is 40.0 Å². The molecule has 0 aromatic heterocycles. The van der Waals surface area contributed by atoms with E-state index in [0.29, 0.717) is 6.61 Å². The molecule has 0 saturated carbocycles. The minimum atomic E-state index is -2.32. The second kappa shape index (κ2) is 49.5. The molecular formula is C7H21AcGa3I3NO3S-2. The van der Waals surface area contributed by atoms with Crippen molar-refractivity contribution in [2.75, 3.05) is 6.61 Å². The third-order valence-electron chi connectivity index (χ3n) is 1.18.